The van der Waals surface area contributed by atoms with Crippen molar-refractivity contribution in [1.29, 1.82) is 0 Å². The van der Waals surface area contributed by atoms with Crippen molar-refractivity contribution in [1.82, 2.24) is 19.5 Å². The summed E-state index contributed by atoms with van der Waals surface area (Å²) in [5.74, 6) is 1.77. The van der Waals surface area contributed by atoms with Crippen molar-refractivity contribution in [2.75, 3.05) is 5.32 Å². The van der Waals surface area contributed by atoms with E-state index in [2.05, 4.69) is 31.8 Å². The molecule has 5 nitrogen and oxygen atoms in total. The molecule has 1 unspecified atom stereocenters. The standard InChI is InChI=1S/C18H19N5/c1-13-6-5-9-17-20-12-16(23(13)17)15-10-11-19-18(22-15)21-14-7-3-2-4-8-14/h2-4,7-8,10-13H,5-6,9H2,1H3,(H,19,21,22). The van der Waals surface area contributed by atoms with Crippen LogP contribution in [0.1, 0.15) is 31.6 Å². The fourth-order valence-electron chi connectivity index (χ4n) is 3.16. The summed E-state index contributed by atoms with van der Waals surface area (Å²) in [6.07, 6.45) is 7.18. The zero-order valence-corrected chi connectivity index (χ0v) is 13.1. The molecule has 0 saturated carbocycles. The fraction of sp³-hybridized carbons (Fsp3) is 0.278. The van der Waals surface area contributed by atoms with Crippen LogP contribution in [0.3, 0.4) is 0 Å². The lowest BCUT2D eigenvalue weighted by molar-refractivity contribution is 0.429. The lowest BCUT2D eigenvalue weighted by Crippen LogP contribution is -2.16. The molecule has 0 amide bonds. The fourth-order valence-corrected chi connectivity index (χ4v) is 3.16. The van der Waals surface area contributed by atoms with Crippen LogP contribution in [0.15, 0.2) is 48.8 Å². The van der Waals surface area contributed by atoms with Crippen molar-refractivity contribution < 1.29 is 0 Å². The normalized spacial score (nSPS) is 16.8. The van der Waals surface area contributed by atoms with Crippen LogP contribution in [0.5, 0.6) is 0 Å². The van der Waals surface area contributed by atoms with Gasteiger partial charge in [0.2, 0.25) is 5.95 Å². The number of para-hydroxylation sites is 1. The van der Waals surface area contributed by atoms with Gasteiger partial charge in [-0.05, 0) is 38.0 Å². The summed E-state index contributed by atoms with van der Waals surface area (Å²) in [7, 11) is 0. The summed E-state index contributed by atoms with van der Waals surface area (Å²) >= 11 is 0. The number of imidazole rings is 1. The number of aryl methyl sites for hydroxylation is 1. The largest absolute Gasteiger partial charge is 0.324 e. The molecule has 0 fully saturated rings. The number of rotatable bonds is 3. The van der Waals surface area contributed by atoms with Crippen molar-refractivity contribution in [3.63, 3.8) is 0 Å². The highest BCUT2D eigenvalue weighted by Gasteiger charge is 2.21. The average molecular weight is 305 g/mol. The van der Waals surface area contributed by atoms with Gasteiger partial charge in [0.05, 0.1) is 17.6 Å². The highest BCUT2D eigenvalue weighted by atomic mass is 15.1. The molecule has 0 radical (unpaired) electrons. The first-order chi connectivity index (χ1) is 11.3. The summed E-state index contributed by atoms with van der Waals surface area (Å²) in [5.41, 5.74) is 2.96. The zero-order chi connectivity index (χ0) is 15.6. The van der Waals surface area contributed by atoms with Gasteiger partial charge in [-0.3, -0.25) is 0 Å². The van der Waals surface area contributed by atoms with Gasteiger partial charge in [-0.2, -0.15) is 0 Å². The van der Waals surface area contributed by atoms with Gasteiger partial charge in [0.15, 0.2) is 0 Å². The Balaban J connectivity index is 1.68. The van der Waals surface area contributed by atoms with Crippen LogP contribution in [0.4, 0.5) is 11.6 Å². The van der Waals surface area contributed by atoms with Crippen LogP contribution >= 0.6 is 0 Å². The van der Waals surface area contributed by atoms with Crippen LogP contribution in [0.2, 0.25) is 0 Å². The highest BCUT2D eigenvalue weighted by molar-refractivity contribution is 5.59. The van der Waals surface area contributed by atoms with E-state index in [4.69, 9.17) is 0 Å². The van der Waals surface area contributed by atoms with E-state index in [1.54, 1.807) is 6.20 Å². The van der Waals surface area contributed by atoms with Gasteiger partial charge >= 0.3 is 0 Å². The van der Waals surface area contributed by atoms with Crippen LogP contribution < -0.4 is 5.32 Å². The Morgan fingerprint density at radius 2 is 2.00 bits per heavy atom. The van der Waals surface area contributed by atoms with E-state index in [0.29, 0.717) is 12.0 Å². The molecule has 0 bridgehead atoms. The molecule has 3 aromatic rings. The van der Waals surface area contributed by atoms with E-state index < -0.39 is 0 Å². The van der Waals surface area contributed by atoms with Gasteiger partial charge in [-0.25, -0.2) is 15.0 Å². The maximum absolute atomic E-state index is 4.67. The molecule has 0 spiro atoms. The molecule has 4 rings (SSSR count). The predicted molar refractivity (Wildman–Crippen MR) is 90.6 cm³/mol. The number of nitrogens with one attached hydrogen (secondary N) is 1. The Morgan fingerprint density at radius 3 is 2.87 bits per heavy atom. The molecule has 116 valence electrons. The molecular weight excluding hydrogens is 286 g/mol. The maximum atomic E-state index is 4.67. The van der Waals surface area contributed by atoms with E-state index in [-0.39, 0.29) is 0 Å². The van der Waals surface area contributed by atoms with E-state index in [1.165, 1.54) is 12.8 Å². The first-order valence-corrected chi connectivity index (χ1v) is 8.03. The Bertz CT molecular complexity index is 809. The molecular formula is C18H19N5. The van der Waals surface area contributed by atoms with E-state index in [0.717, 1.165) is 29.3 Å². The second-order valence-electron chi connectivity index (χ2n) is 5.93. The number of anilines is 2. The Kier molecular flexibility index (Phi) is 3.54. The average Bonchev–Trinajstić information content (AvgIpc) is 3.02. The van der Waals surface area contributed by atoms with E-state index in [9.17, 15) is 0 Å². The van der Waals surface area contributed by atoms with Crippen molar-refractivity contribution in [2.24, 2.45) is 0 Å². The smallest absolute Gasteiger partial charge is 0.227 e. The molecule has 2 aromatic heterocycles. The number of hydrogen-bond donors (Lipinski definition) is 1. The van der Waals surface area contributed by atoms with Crippen LogP contribution in [0.25, 0.3) is 11.4 Å². The Labute approximate surface area is 135 Å². The quantitative estimate of drug-likeness (QED) is 0.795. The maximum Gasteiger partial charge on any atom is 0.227 e. The summed E-state index contributed by atoms with van der Waals surface area (Å²) in [6, 6.07) is 12.4. The third kappa shape index (κ3) is 2.70. The molecule has 1 atom stereocenters. The van der Waals surface area contributed by atoms with E-state index in [1.807, 2.05) is 42.6 Å². The van der Waals surface area contributed by atoms with Gasteiger partial charge in [-0.15, -0.1) is 0 Å². The third-order valence-electron chi connectivity index (χ3n) is 4.28. The van der Waals surface area contributed by atoms with Crippen molar-refractivity contribution in [3.8, 4) is 11.4 Å². The molecule has 3 heterocycles. The lowest BCUT2D eigenvalue weighted by Gasteiger charge is -2.23. The van der Waals surface area contributed by atoms with Gasteiger partial charge in [0, 0.05) is 24.3 Å². The summed E-state index contributed by atoms with van der Waals surface area (Å²) < 4.78 is 2.32. The molecule has 1 aromatic carbocycles. The summed E-state index contributed by atoms with van der Waals surface area (Å²) in [5, 5.41) is 3.25. The molecule has 5 heteroatoms. The van der Waals surface area contributed by atoms with Crippen LogP contribution in [0, 0.1) is 0 Å². The van der Waals surface area contributed by atoms with Crippen LogP contribution in [-0.2, 0) is 6.42 Å². The molecule has 1 aliphatic heterocycles. The third-order valence-corrected chi connectivity index (χ3v) is 4.28. The van der Waals surface area contributed by atoms with Crippen LogP contribution in [-0.4, -0.2) is 19.5 Å². The minimum absolute atomic E-state index is 0.469. The van der Waals surface area contributed by atoms with Crippen molar-refractivity contribution >= 4 is 11.6 Å². The minimum Gasteiger partial charge on any atom is -0.324 e. The second-order valence-corrected chi connectivity index (χ2v) is 5.93. The summed E-state index contributed by atoms with van der Waals surface area (Å²) in [6.45, 7) is 2.25. The van der Waals surface area contributed by atoms with Gasteiger partial charge in [0.25, 0.3) is 0 Å². The molecule has 23 heavy (non-hydrogen) atoms. The first-order valence-electron chi connectivity index (χ1n) is 8.03. The van der Waals surface area contributed by atoms with E-state index >= 15 is 0 Å². The lowest BCUT2D eigenvalue weighted by atomic mass is 10.1. The number of aromatic nitrogens is 4. The molecule has 0 aliphatic carbocycles. The molecule has 1 aliphatic rings. The highest BCUT2D eigenvalue weighted by Crippen LogP contribution is 2.30. The number of hydrogen-bond acceptors (Lipinski definition) is 4. The minimum atomic E-state index is 0.469. The predicted octanol–water partition coefficient (Wildman–Crippen LogP) is 3.98. The topological polar surface area (TPSA) is 55.6 Å². The Hall–Kier alpha value is -2.69. The zero-order valence-electron chi connectivity index (χ0n) is 13.1. The monoisotopic (exact) mass is 305 g/mol. The first kappa shape index (κ1) is 13.9. The molecule has 0 saturated heterocycles. The van der Waals surface area contributed by atoms with Gasteiger partial charge in [-0.1, -0.05) is 18.2 Å². The Morgan fingerprint density at radius 1 is 1.13 bits per heavy atom. The SMILES string of the molecule is CC1CCCc2ncc(-c3ccnc(Nc4ccccc4)n3)n21. The number of benzene rings is 1. The summed E-state index contributed by atoms with van der Waals surface area (Å²) in [4.78, 5) is 13.6. The van der Waals surface area contributed by atoms with Gasteiger partial charge in [0.1, 0.15) is 5.82 Å². The molecule has 1 N–H and O–H groups in total. The van der Waals surface area contributed by atoms with Crippen molar-refractivity contribution in [2.45, 2.75) is 32.2 Å². The number of fused-ring (bicyclic) bond motifs is 1. The van der Waals surface area contributed by atoms with Gasteiger partial charge < -0.3 is 9.88 Å². The second kappa shape index (κ2) is 5.83. The van der Waals surface area contributed by atoms with Crippen molar-refractivity contribution in [3.05, 3.63) is 54.6 Å². The number of nitrogens with zero attached hydrogens (tertiary/aromatic N) is 4.